The molecule has 1 rings (SSSR count). The van der Waals surface area contributed by atoms with Crippen molar-refractivity contribution in [3.05, 3.63) is 23.8 Å². The Kier molecular flexibility index (Phi) is 6.16. The number of methoxy groups -OCH3 is 1. The Morgan fingerprint density at radius 3 is 2.47 bits per heavy atom. The lowest BCUT2D eigenvalue weighted by atomic mass is 9.92. The maximum Gasteiger partial charge on any atom is 0.161 e. The predicted molar refractivity (Wildman–Crippen MR) is 80.2 cm³/mol. The number of nitrogens with one attached hydrogen (secondary N) is 1. The van der Waals surface area contributed by atoms with Crippen molar-refractivity contribution in [3.63, 3.8) is 0 Å². The first kappa shape index (κ1) is 15.8. The van der Waals surface area contributed by atoms with Crippen LogP contribution in [0.15, 0.2) is 18.2 Å². The summed E-state index contributed by atoms with van der Waals surface area (Å²) in [5, 5.41) is 3.40. The van der Waals surface area contributed by atoms with E-state index in [9.17, 15) is 0 Å². The molecule has 0 atom stereocenters. The van der Waals surface area contributed by atoms with Crippen molar-refractivity contribution in [2.45, 2.75) is 34.1 Å². The van der Waals surface area contributed by atoms with Gasteiger partial charge in [-0.15, -0.1) is 0 Å². The Balaban J connectivity index is 2.26. The van der Waals surface area contributed by atoms with E-state index in [0.29, 0.717) is 12.0 Å². The molecule has 0 aromatic heterocycles. The van der Waals surface area contributed by atoms with Gasteiger partial charge in [0.1, 0.15) is 6.61 Å². The van der Waals surface area contributed by atoms with Crippen molar-refractivity contribution < 1.29 is 9.47 Å². The summed E-state index contributed by atoms with van der Waals surface area (Å²) in [6.45, 7) is 11.3. The third-order valence-corrected chi connectivity index (χ3v) is 2.91. The van der Waals surface area contributed by atoms with Gasteiger partial charge in [0.2, 0.25) is 0 Å². The van der Waals surface area contributed by atoms with Gasteiger partial charge in [-0.25, -0.2) is 0 Å². The van der Waals surface area contributed by atoms with Crippen molar-refractivity contribution in [3.8, 4) is 11.5 Å². The van der Waals surface area contributed by atoms with Crippen LogP contribution in [0.25, 0.3) is 0 Å². The molecule has 0 saturated carbocycles. The Bertz CT molecular complexity index is 383. The van der Waals surface area contributed by atoms with Crippen LogP contribution in [0, 0.1) is 12.3 Å². The number of ether oxygens (including phenoxy) is 2. The summed E-state index contributed by atoms with van der Waals surface area (Å²) in [5.41, 5.74) is 1.56. The maximum absolute atomic E-state index is 5.73. The molecule has 0 amide bonds. The van der Waals surface area contributed by atoms with Crippen molar-refractivity contribution in [1.29, 1.82) is 0 Å². The Morgan fingerprint density at radius 2 is 1.84 bits per heavy atom. The second kappa shape index (κ2) is 7.39. The van der Waals surface area contributed by atoms with Crippen LogP contribution in [0.5, 0.6) is 11.5 Å². The quantitative estimate of drug-likeness (QED) is 0.766. The second-order valence-corrected chi connectivity index (χ2v) is 6.06. The lowest BCUT2D eigenvalue weighted by Gasteiger charge is -2.18. The standard InChI is InChI=1S/C16H27NO2/c1-13-6-7-14(15(12-13)18-5)19-11-10-17-9-8-16(2,3)4/h6-7,12,17H,8-11H2,1-5H3. The minimum atomic E-state index is 0.383. The zero-order valence-corrected chi connectivity index (χ0v) is 12.9. The highest BCUT2D eigenvalue weighted by molar-refractivity contribution is 5.42. The van der Waals surface area contributed by atoms with Gasteiger partial charge in [0.15, 0.2) is 11.5 Å². The number of aryl methyl sites for hydroxylation is 1. The van der Waals surface area contributed by atoms with Crippen molar-refractivity contribution in [2.24, 2.45) is 5.41 Å². The van der Waals surface area contributed by atoms with Crippen LogP contribution in [0.2, 0.25) is 0 Å². The molecule has 19 heavy (non-hydrogen) atoms. The molecule has 0 fully saturated rings. The van der Waals surface area contributed by atoms with Crippen molar-refractivity contribution in [1.82, 2.24) is 5.32 Å². The van der Waals surface area contributed by atoms with E-state index < -0.39 is 0 Å². The molecule has 0 heterocycles. The molecule has 0 saturated heterocycles. The molecule has 0 aliphatic heterocycles. The summed E-state index contributed by atoms with van der Waals surface area (Å²) in [6.07, 6.45) is 1.17. The molecule has 0 aliphatic carbocycles. The minimum absolute atomic E-state index is 0.383. The zero-order chi connectivity index (χ0) is 14.3. The second-order valence-electron chi connectivity index (χ2n) is 6.06. The van der Waals surface area contributed by atoms with E-state index in [4.69, 9.17) is 9.47 Å². The van der Waals surface area contributed by atoms with Crippen LogP contribution in [-0.4, -0.2) is 26.8 Å². The fourth-order valence-electron chi connectivity index (χ4n) is 1.72. The topological polar surface area (TPSA) is 30.5 Å². The largest absolute Gasteiger partial charge is 0.493 e. The van der Waals surface area contributed by atoms with Gasteiger partial charge in [0, 0.05) is 6.54 Å². The molecule has 0 bridgehead atoms. The zero-order valence-electron chi connectivity index (χ0n) is 12.9. The van der Waals surface area contributed by atoms with Gasteiger partial charge >= 0.3 is 0 Å². The van der Waals surface area contributed by atoms with E-state index in [1.807, 2.05) is 25.1 Å². The van der Waals surface area contributed by atoms with E-state index in [2.05, 4.69) is 26.1 Å². The molecule has 0 aliphatic rings. The molecule has 3 nitrogen and oxygen atoms in total. The highest BCUT2D eigenvalue weighted by Gasteiger charge is 2.08. The molecule has 1 N–H and O–H groups in total. The molecule has 108 valence electrons. The van der Waals surface area contributed by atoms with Crippen LogP contribution in [0.4, 0.5) is 0 Å². The van der Waals surface area contributed by atoms with Crippen molar-refractivity contribution >= 4 is 0 Å². The Labute approximate surface area is 117 Å². The van der Waals surface area contributed by atoms with Crippen LogP contribution in [0.1, 0.15) is 32.8 Å². The number of hydrogen-bond acceptors (Lipinski definition) is 3. The van der Waals surface area contributed by atoms with Gasteiger partial charge in [-0.2, -0.15) is 0 Å². The van der Waals surface area contributed by atoms with Crippen LogP contribution < -0.4 is 14.8 Å². The summed E-state index contributed by atoms with van der Waals surface area (Å²) in [5.74, 6) is 1.61. The summed E-state index contributed by atoms with van der Waals surface area (Å²) in [7, 11) is 1.67. The van der Waals surface area contributed by atoms with Crippen molar-refractivity contribution in [2.75, 3.05) is 26.8 Å². The summed E-state index contributed by atoms with van der Waals surface area (Å²) in [6, 6.07) is 5.98. The summed E-state index contributed by atoms with van der Waals surface area (Å²) >= 11 is 0. The smallest absolute Gasteiger partial charge is 0.161 e. The van der Waals surface area contributed by atoms with Gasteiger partial charge in [0.25, 0.3) is 0 Å². The average Bonchev–Trinajstić information content (AvgIpc) is 2.33. The number of rotatable bonds is 7. The molecule has 0 spiro atoms. The monoisotopic (exact) mass is 265 g/mol. The lowest BCUT2D eigenvalue weighted by molar-refractivity contribution is 0.286. The van der Waals surface area contributed by atoms with E-state index in [1.165, 1.54) is 12.0 Å². The van der Waals surface area contributed by atoms with E-state index >= 15 is 0 Å². The SMILES string of the molecule is COc1cc(C)ccc1OCCNCCC(C)(C)C. The van der Waals surface area contributed by atoms with Gasteiger partial charge in [-0.05, 0) is 43.0 Å². The summed E-state index contributed by atoms with van der Waals surface area (Å²) < 4.78 is 11.0. The highest BCUT2D eigenvalue weighted by Crippen LogP contribution is 2.27. The van der Waals surface area contributed by atoms with E-state index in [-0.39, 0.29) is 0 Å². The van der Waals surface area contributed by atoms with Gasteiger partial charge < -0.3 is 14.8 Å². The Hall–Kier alpha value is -1.22. The molecular weight excluding hydrogens is 238 g/mol. The van der Waals surface area contributed by atoms with E-state index in [0.717, 1.165) is 24.6 Å². The van der Waals surface area contributed by atoms with Gasteiger partial charge in [-0.3, -0.25) is 0 Å². The van der Waals surface area contributed by atoms with Gasteiger partial charge in [-0.1, -0.05) is 26.8 Å². The van der Waals surface area contributed by atoms with E-state index in [1.54, 1.807) is 7.11 Å². The summed E-state index contributed by atoms with van der Waals surface area (Å²) in [4.78, 5) is 0. The van der Waals surface area contributed by atoms with Crippen LogP contribution >= 0.6 is 0 Å². The number of hydrogen-bond donors (Lipinski definition) is 1. The molecular formula is C16H27NO2. The molecule has 3 heteroatoms. The third kappa shape index (κ3) is 6.48. The predicted octanol–water partition coefficient (Wildman–Crippen LogP) is 3.41. The molecule has 1 aromatic rings. The molecule has 1 aromatic carbocycles. The lowest BCUT2D eigenvalue weighted by Crippen LogP contribution is -2.25. The number of benzene rings is 1. The first-order chi connectivity index (χ1) is 8.92. The van der Waals surface area contributed by atoms with Crippen LogP contribution in [0.3, 0.4) is 0 Å². The fraction of sp³-hybridized carbons (Fsp3) is 0.625. The van der Waals surface area contributed by atoms with Gasteiger partial charge in [0.05, 0.1) is 7.11 Å². The molecule has 0 radical (unpaired) electrons. The first-order valence-corrected chi connectivity index (χ1v) is 6.90. The van der Waals surface area contributed by atoms with Crippen LogP contribution in [-0.2, 0) is 0 Å². The Morgan fingerprint density at radius 1 is 1.11 bits per heavy atom. The normalized spacial score (nSPS) is 11.4. The third-order valence-electron chi connectivity index (χ3n) is 2.91. The fourth-order valence-corrected chi connectivity index (χ4v) is 1.72. The maximum atomic E-state index is 5.73. The average molecular weight is 265 g/mol. The minimum Gasteiger partial charge on any atom is -0.493 e. The highest BCUT2D eigenvalue weighted by atomic mass is 16.5. The first-order valence-electron chi connectivity index (χ1n) is 6.90. The molecule has 0 unspecified atom stereocenters.